The minimum Gasteiger partial charge on any atom is -0.388 e. The fourth-order valence-corrected chi connectivity index (χ4v) is 4.59. The van der Waals surface area contributed by atoms with Gasteiger partial charge in [-0.15, -0.1) is 10.2 Å². The highest BCUT2D eigenvalue weighted by Gasteiger charge is 2.27. The first-order valence-corrected chi connectivity index (χ1v) is 12.2. The number of urea groups is 1. The number of halogens is 1. The quantitative estimate of drug-likeness (QED) is 0.430. The van der Waals surface area contributed by atoms with Gasteiger partial charge in [-0.2, -0.15) is 5.21 Å². The molecule has 0 bridgehead atoms. The Morgan fingerprint density at radius 1 is 1.12 bits per heavy atom. The van der Waals surface area contributed by atoms with E-state index in [-0.39, 0.29) is 24.5 Å². The summed E-state index contributed by atoms with van der Waals surface area (Å²) in [6, 6.07) is 15.3. The van der Waals surface area contributed by atoms with Crippen LogP contribution in [0.3, 0.4) is 0 Å². The molecule has 0 spiro atoms. The Labute approximate surface area is 204 Å². The average Bonchev–Trinajstić information content (AvgIpc) is 3.36. The number of aromatic amines is 1. The molecule has 180 valence electrons. The van der Waals surface area contributed by atoms with E-state index in [4.69, 9.17) is 11.6 Å². The summed E-state index contributed by atoms with van der Waals surface area (Å²) in [5.41, 5.74) is 2.82. The molecule has 1 saturated carbocycles. The number of carbonyl (C=O) groups excluding carboxylic acids is 1. The van der Waals surface area contributed by atoms with Crippen LogP contribution in [0.25, 0.3) is 0 Å². The lowest BCUT2D eigenvalue weighted by atomic mass is 9.94. The van der Waals surface area contributed by atoms with E-state index in [1.54, 1.807) is 0 Å². The Kier molecular flexibility index (Phi) is 8.13. The lowest BCUT2D eigenvalue weighted by molar-refractivity contribution is 0.148. The van der Waals surface area contributed by atoms with Crippen molar-refractivity contribution in [2.75, 3.05) is 0 Å². The summed E-state index contributed by atoms with van der Waals surface area (Å²) in [5.74, 6) is 0.464. The van der Waals surface area contributed by atoms with Crippen LogP contribution in [0.15, 0.2) is 48.5 Å². The Bertz CT molecular complexity index is 1040. The number of rotatable bonds is 8. The highest BCUT2D eigenvalue weighted by atomic mass is 35.5. The molecule has 0 radical (unpaired) electrons. The first-order valence-electron chi connectivity index (χ1n) is 11.8. The molecule has 2 aromatic carbocycles. The molecule has 3 aromatic rings. The van der Waals surface area contributed by atoms with Gasteiger partial charge in [0.05, 0.1) is 12.1 Å². The van der Waals surface area contributed by atoms with Crippen LogP contribution >= 0.6 is 11.6 Å². The molecular weight excluding hydrogens is 452 g/mol. The largest absolute Gasteiger partial charge is 0.388 e. The molecule has 4 rings (SSSR count). The molecule has 8 nitrogen and oxygen atoms in total. The Balaban J connectivity index is 1.44. The number of aliphatic hydroxyl groups excluding tert-OH is 1. The first kappa shape index (κ1) is 24.2. The van der Waals surface area contributed by atoms with Gasteiger partial charge in [0, 0.05) is 24.0 Å². The molecule has 34 heavy (non-hydrogen) atoms. The number of amides is 2. The normalized spacial score (nSPS) is 16.1. The lowest BCUT2D eigenvalue weighted by Gasteiger charge is -2.35. The predicted octanol–water partition coefficient (Wildman–Crippen LogP) is 4.73. The van der Waals surface area contributed by atoms with Crippen molar-refractivity contribution in [1.82, 2.24) is 30.8 Å². The van der Waals surface area contributed by atoms with E-state index >= 15 is 0 Å². The van der Waals surface area contributed by atoms with E-state index in [0.29, 0.717) is 17.4 Å². The van der Waals surface area contributed by atoms with E-state index in [2.05, 4.69) is 25.9 Å². The van der Waals surface area contributed by atoms with Crippen LogP contribution in [-0.4, -0.2) is 42.7 Å². The molecule has 0 aliphatic heterocycles. The molecule has 1 fully saturated rings. The molecule has 1 heterocycles. The van der Waals surface area contributed by atoms with Gasteiger partial charge in [0.2, 0.25) is 0 Å². The van der Waals surface area contributed by atoms with Gasteiger partial charge in [0.25, 0.3) is 0 Å². The summed E-state index contributed by atoms with van der Waals surface area (Å²) in [4.78, 5) is 15.3. The number of carbonyl (C=O) groups is 1. The van der Waals surface area contributed by atoms with Crippen molar-refractivity contribution in [2.24, 2.45) is 0 Å². The standard InChI is InChI=1S/C25H31ClN6O2/c1-17(19-11-13-21(26)14-12-19)27-25(34)32(22-5-3-2-4-6-22)16-18-7-9-20(10-8-18)23(33)15-24-28-30-31-29-24/h7-14,17,22-23,33H,2-6,15-16H2,1H3,(H,27,34)(H,28,29,30,31)/t17-,23+/m1/s1. The van der Waals surface area contributed by atoms with Crippen molar-refractivity contribution < 1.29 is 9.90 Å². The van der Waals surface area contributed by atoms with Crippen molar-refractivity contribution in [2.45, 2.75) is 70.2 Å². The molecular formula is C25H31ClN6O2. The van der Waals surface area contributed by atoms with Crippen LogP contribution in [0.5, 0.6) is 0 Å². The molecule has 3 N–H and O–H groups in total. The number of aliphatic hydroxyl groups is 1. The number of tetrazole rings is 1. The van der Waals surface area contributed by atoms with Crippen LogP contribution in [0.4, 0.5) is 4.79 Å². The van der Waals surface area contributed by atoms with Gasteiger partial charge in [-0.05, 0) is 48.6 Å². The summed E-state index contributed by atoms with van der Waals surface area (Å²) in [6.45, 7) is 2.51. The predicted molar refractivity (Wildman–Crippen MR) is 130 cm³/mol. The summed E-state index contributed by atoms with van der Waals surface area (Å²) < 4.78 is 0. The minimum atomic E-state index is -0.718. The second-order valence-electron chi connectivity index (χ2n) is 8.93. The highest BCUT2D eigenvalue weighted by molar-refractivity contribution is 6.30. The third kappa shape index (κ3) is 6.33. The van der Waals surface area contributed by atoms with Gasteiger partial charge in [0.1, 0.15) is 0 Å². The van der Waals surface area contributed by atoms with Crippen molar-refractivity contribution in [3.05, 3.63) is 76.1 Å². The maximum Gasteiger partial charge on any atom is 0.318 e. The third-order valence-corrected chi connectivity index (χ3v) is 6.72. The lowest BCUT2D eigenvalue weighted by Crippen LogP contribution is -2.47. The molecule has 1 aliphatic carbocycles. The fraction of sp³-hybridized carbons (Fsp3) is 0.440. The number of nitrogens with zero attached hydrogens (tertiary/aromatic N) is 4. The van der Waals surface area contributed by atoms with Crippen LogP contribution < -0.4 is 5.32 Å². The van der Waals surface area contributed by atoms with E-state index in [1.165, 1.54) is 6.42 Å². The summed E-state index contributed by atoms with van der Waals surface area (Å²) in [5, 5.41) is 28.0. The second kappa shape index (κ2) is 11.4. The first-order chi connectivity index (χ1) is 16.5. The summed E-state index contributed by atoms with van der Waals surface area (Å²) >= 11 is 6.01. The van der Waals surface area contributed by atoms with Gasteiger partial charge in [-0.3, -0.25) is 0 Å². The zero-order valence-electron chi connectivity index (χ0n) is 19.3. The molecule has 1 aromatic heterocycles. The number of benzene rings is 2. The van der Waals surface area contributed by atoms with E-state index < -0.39 is 6.10 Å². The SMILES string of the molecule is C[C@@H](NC(=O)N(Cc1ccc([C@@H](O)Cc2nn[nH]n2)cc1)C1CCCCC1)c1ccc(Cl)cc1. The Hall–Kier alpha value is -2.97. The number of nitrogens with one attached hydrogen (secondary N) is 2. The minimum absolute atomic E-state index is 0.0597. The van der Waals surface area contributed by atoms with Crippen molar-refractivity contribution in [1.29, 1.82) is 0 Å². The van der Waals surface area contributed by atoms with Crippen LogP contribution in [0, 0.1) is 0 Å². The maximum absolute atomic E-state index is 13.4. The van der Waals surface area contributed by atoms with Gasteiger partial charge >= 0.3 is 6.03 Å². The van der Waals surface area contributed by atoms with Gasteiger partial charge in [-0.25, -0.2) is 4.79 Å². The summed E-state index contributed by atoms with van der Waals surface area (Å²) in [6.07, 6.45) is 5.11. The van der Waals surface area contributed by atoms with Crippen LogP contribution in [-0.2, 0) is 13.0 Å². The van der Waals surface area contributed by atoms with E-state index in [9.17, 15) is 9.90 Å². The molecule has 2 atom stereocenters. The van der Waals surface area contributed by atoms with Crippen LogP contribution in [0.1, 0.15) is 73.7 Å². The molecule has 1 aliphatic rings. The molecule has 2 amide bonds. The number of H-pyrrole nitrogens is 1. The number of hydrogen-bond donors (Lipinski definition) is 3. The number of aromatic nitrogens is 4. The fourth-order valence-electron chi connectivity index (χ4n) is 4.46. The van der Waals surface area contributed by atoms with Crippen molar-refractivity contribution in [3.8, 4) is 0 Å². The smallest absolute Gasteiger partial charge is 0.318 e. The third-order valence-electron chi connectivity index (χ3n) is 6.47. The Morgan fingerprint density at radius 3 is 2.44 bits per heavy atom. The van der Waals surface area contributed by atoms with Gasteiger partial charge < -0.3 is 15.3 Å². The maximum atomic E-state index is 13.4. The highest BCUT2D eigenvalue weighted by Crippen LogP contribution is 2.26. The second-order valence-corrected chi connectivity index (χ2v) is 9.37. The van der Waals surface area contributed by atoms with Gasteiger partial charge in [0.15, 0.2) is 5.82 Å². The topological polar surface area (TPSA) is 107 Å². The molecule has 9 heteroatoms. The van der Waals surface area contributed by atoms with E-state index in [1.807, 2.05) is 60.4 Å². The van der Waals surface area contributed by atoms with Gasteiger partial charge in [-0.1, -0.05) is 72.5 Å². The zero-order valence-corrected chi connectivity index (χ0v) is 20.1. The zero-order chi connectivity index (χ0) is 23.9. The average molecular weight is 483 g/mol. The van der Waals surface area contributed by atoms with E-state index in [0.717, 1.165) is 42.4 Å². The van der Waals surface area contributed by atoms with Crippen LogP contribution in [0.2, 0.25) is 5.02 Å². The summed E-state index contributed by atoms with van der Waals surface area (Å²) in [7, 11) is 0. The molecule has 0 saturated heterocycles. The monoisotopic (exact) mass is 482 g/mol. The number of hydrogen-bond acceptors (Lipinski definition) is 5. The Morgan fingerprint density at radius 2 is 1.79 bits per heavy atom. The van der Waals surface area contributed by atoms with Crippen molar-refractivity contribution >= 4 is 17.6 Å². The molecule has 0 unspecified atom stereocenters. The van der Waals surface area contributed by atoms with Crippen molar-refractivity contribution in [3.63, 3.8) is 0 Å².